The number of hydrogen-bond donors (Lipinski definition) is 2. The molecule has 2 N–H and O–H groups in total. The van der Waals surface area contributed by atoms with Gasteiger partial charge in [0.2, 0.25) is 5.91 Å². The van der Waals surface area contributed by atoms with Crippen LogP contribution in [-0.4, -0.2) is 21.4 Å². The Morgan fingerprint density at radius 1 is 1.08 bits per heavy atom. The Balaban J connectivity index is 1.65. The second-order valence-corrected chi connectivity index (χ2v) is 9.45. The third kappa shape index (κ3) is 5.26. The Morgan fingerprint density at radius 3 is 2.49 bits per heavy atom. The zero-order valence-electron chi connectivity index (χ0n) is 20.1. The Morgan fingerprint density at radius 2 is 1.81 bits per heavy atom. The molecule has 0 fully saturated rings. The molecule has 2 aromatic heterocycles. The number of fused-ring (bicyclic) bond motifs is 1. The molecule has 37 heavy (non-hydrogen) atoms. The zero-order valence-corrected chi connectivity index (χ0v) is 21.0. The summed E-state index contributed by atoms with van der Waals surface area (Å²) in [6.07, 6.45) is -3.15. The van der Waals surface area contributed by atoms with Gasteiger partial charge in [-0.05, 0) is 55.7 Å². The van der Waals surface area contributed by atoms with E-state index in [0.717, 1.165) is 33.6 Å². The molecule has 2 heterocycles. The molecule has 0 bridgehead atoms. The van der Waals surface area contributed by atoms with Crippen LogP contribution in [0, 0.1) is 13.8 Å². The molecule has 4 aromatic rings. The summed E-state index contributed by atoms with van der Waals surface area (Å²) < 4.78 is 40.3. The number of aromatic nitrogens is 2. The first kappa shape index (κ1) is 26.1. The summed E-state index contributed by atoms with van der Waals surface area (Å²) in [7, 11) is 0. The van der Waals surface area contributed by atoms with Crippen LogP contribution in [0.25, 0.3) is 10.2 Å². The van der Waals surface area contributed by atoms with Crippen molar-refractivity contribution in [3.05, 3.63) is 86.8 Å². The summed E-state index contributed by atoms with van der Waals surface area (Å²) in [5, 5.41) is 5.52. The first-order chi connectivity index (χ1) is 17.5. The number of aryl methyl sites for hydroxylation is 2. The van der Waals surface area contributed by atoms with Crippen molar-refractivity contribution < 1.29 is 22.8 Å². The zero-order chi connectivity index (χ0) is 26.9. The van der Waals surface area contributed by atoms with Crippen molar-refractivity contribution in [2.24, 2.45) is 0 Å². The first-order valence-electron chi connectivity index (χ1n) is 11.4. The summed E-state index contributed by atoms with van der Waals surface area (Å²) in [4.78, 5) is 44.3. The van der Waals surface area contributed by atoms with Gasteiger partial charge in [-0.15, -0.1) is 11.3 Å². The number of benzene rings is 2. The fourth-order valence-electron chi connectivity index (χ4n) is 3.98. The Kier molecular flexibility index (Phi) is 7.17. The largest absolute Gasteiger partial charge is 0.416 e. The highest BCUT2D eigenvalue weighted by Crippen LogP contribution is 2.31. The van der Waals surface area contributed by atoms with E-state index in [9.17, 15) is 27.6 Å². The molecule has 0 aliphatic carbocycles. The molecule has 4 rings (SSSR count). The molecule has 0 spiro atoms. The maximum absolute atomic E-state index is 13.4. The molecule has 0 aliphatic heterocycles. The van der Waals surface area contributed by atoms with E-state index >= 15 is 0 Å². The van der Waals surface area contributed by atoms with Crippen molar-refractivity contribution >= 4 is 44.7 Å². The lowest BCUT2D eigenvalue weighted by molar-refractivity contribution is -0.137. The fourth-order valence-corrected chi connectivity index (χ4v) is 5.01. The van der Waals surface area contributed by atoms with Crippen LogP contribution in [0.5, 0.6) is 0 Å². The molecule has 1 unspecified atom stereocenters. The molecule has 2 aromatic carbocycles. The van der Waals surface area contributed by atoms with Crippen molar-refractivity contribution in [2.75, 3.05) is 10.6 Å². The minimum absolute atomic E-state index is 0.0396. The second-order valence-electron chi connectivity index (χ2n) is 8.45. The number of alkyl halides is 3. The van der Waals surface area contributed by atoms with E-state index in [4.69, 9.17) is 0 Å². The molecular formula is C26H23F3N4O3S. The van der Waals surface area contributed by atoms with Gasteiger partial charge in [0.1, 0.15) is 10.9 Å². The van der Waals surface area contributed by atoms with Gasteiger partial charge in [-0.3, -0.25) is 19.0 Å². The van der Waals surface area contributed by atoms with Crippen molar-refractivity contribution in [3.63, 3.8) is 0 Å². The topological polar surface area (TPSA) is 93.1 Å². The van der Waals surface area contributed by atoms with Gasteiger partial charge < -0.3 is 10.6 Å². The number of nitrogens with one attached hydrogen (secondary N) is 2. The van der Waals surface area contributed by atoms with E-state index < -0.39 is 29.2 Å². The van der Waals surface area contributed by atoms with E-state index in [2.05, 4.69) is 15.6 Å². The van der Waals surface area contributed by atoms with E-state index in [-0.39, 0.29) is 23.4 Å². The van der Waals surface area contributed by atoms with Crippen LogP contribution in [0.4, 0.5) is 24.5 Å². The smallest absolute Gasteiger partial charge is 0.324 e. The highest BCUT2D eigenvalue weighted by molar-refractivity contribution is 7.20. The lowest BCUT2D eigenvalue weighted by atomic mass is 10.1. The number of para-hydroxylation sites is 1. The summed E-state index contributed by atoms with van der Waals surface area (Å²) in [5.41, 5.74) is 0.511. The maximum atomic E-state index is 13.4. The van der Waals surface area contributed by atoms with Gasteiger partial charge in [-0.2, -0.15) is 13.2 Å². The highest BCUT2D eigenvalue weighted by Gasteiger charge is 2.31. The molecule has 2 amide bonds. The normalized spacial score (nSPS) is 12.4. The van der Waals surface area contributed by atoms with Crippen molar-refractivity contribution in [2.45, 2.75) is 39.4 Å². The molecule has 0 saturated heterocycles. The Hall–Kier alpha value is -3.99. The SMILES string of the molecule is CCC(C(=O)Nc1cccc(C(F)(F)F)c1)n1cnc2sc(C(=O)Nc3ccccc3C)c(C)c2c1=O. The molecule has 7 nitrogen and oxygen atoms in total. The summed E-state index contributed by atoms with van der Waals surface area (Å²) in [6.45, 7) is 5.18. The minimum atomic E-state index is -4.56. The number of hydrogen-bond acceptors (Lipinski definition) is 5. The van der Waals surface area contributed by atoms with Gasteiger partial charge in [0.05, 0.1) is 22.2 Å². The number of amides is 2. The van der Waals surface area contributed by atoms with Crippen LogP contribution in [0.1, 0.15) is 45.7 Å². The van der Waals surface area contributed by atoms with E-state index in [0.29, 0.717) is 21.0 Å². The van der Waals surface area contributed by atoms with E-state index in [1.165, 1.54) is 18.5 Å². The number of carbonyl (C=O) groups is 2. The van der Waals surface area contributed by atoms with E-state index in [1.807, 2.05) is 19.1 Å². The van der Waals surface area contributed by atoms with Gasteiger partial charge in [0, 0.05) is 11.4 Å². The van der Waals surface area contributed by atoms with Crippen LogP contribution < -0.4 is 16.2 Å². The minimum Gasteiger partial charge on any atom is -0.324 e. The highest BCUT2D eigenvalue weighted by atomic mass is 32.1. The third-order valence-corrected chi connectivity index (χ3v) is 7.16. The number of rotatable bonds is 6. The lowest BCUT2D eigenvalue weighted by Gasteiger charge is -2.18. The van der Waals surface area contributed by atoms with Gasteiger partial charge >= 0.3 is 6.18 Å². The molecule has 0 radical (unpaired) electrons. The fraction of sp³-hybridized carbons (Fsp3) is 0.231. The number of carbonyl (C=O) groups excluding carboxylic acids is 2. The van der Waals surface area contributed by atoms with Crippen LogP contribution >= 0.6 is 11.3 Å². The quantitative estimate of drug-likeness (QED) is 0.324. The van der Waals surface area contributed by atoms with Gasteiger partial charge in [0.15, 0.2) is 0 Å². The van der Waals surface area contributed by atoms with Crippen molar-refractivity contribution in [1.82, 2.24) is 9.55 Å². The van der Waals surface area contributed by atoms with Gasteiger partial charge in [-0.25, -0.2) is 4.98 Å². The molecular weight excluding hydrogens is 505 g/mol. The molecule has 192 valence electrons. The molecule has 0 saturated carbocycles. The van der Waals surface area contributed by atoms with E-state index in [1.54, 1.807) is 26.0 Å². The number of nitrogens with zero attached hydrogens (tertiary/aromatic N) is 2. The summed E-state index contributed by atoms with van der Waals surface area (Å²) in [5.74, 6) is -1.04. The first-order valence-corrected chi connectivity index (χ1v) is 12.2. The van der Waals surface area contributed by atoms with Gasteiger partial charge in [0.25, 0.3) is 11.5 Å². The predicted molar refractivity (Wildman–Crippen MR) is 137 cm³/mol. The predicted octanol–water partition coefficient (Wildman–Crippen LogP) is 5.94. The van der Waals surface area contributed by atoms with Crippen LogP contribution in [0.3, 0.4) is 0 Å². The van der Waals surface area contributed by atoms with Crippen LogP contribution in [0.2, 0.25) is 0 Å². The number of thiophene rings is 1. The van der Waals surface area contributed by atoms with Crippen LogP contribution in [0.15, 0.2) is 59.7 Å². The average Bonchev–Trinajstić information content (AvgIpc) is 3.19. The second kappa shape index (κ2) is 10.2. The number of anilines is 2. The standard InChI is InChI=1S/C26H23F3N4O3S/c1-4-19(22(34)31-17-10-7-9-16(12-17)26(27,28)29)33-13-30-24-20(25(33)36)15(3)21(37-24)23(35)32-18-11-6-5-8-14(18)2/h5-13,19H,4H2,1-3H3,(H,31,34)(H,32,35). The Labute approximate surface area is 214 Å². The Bertz CT molecular complexity index is 1560. The lowest BCUT2D eigenvalue weighted by Crippen LogP contribution is -2.33. The van der Waals surface area contributed by atoms with Crippen LogP contribution in [-0.2, 0) is 11.0 Å². The monoisotopic (exact) mass is 528 g/mol. The summed E-state index contributed by atoms with van der Waals surface area (Å²) >= 11 is 1.07. The average molecular weight is 529 g/mol. The third-order valence-electron chi connectivity index (χ3n) is 5.96. The molecule has 11 heteroatoms. The number of halogens is 3. The van der Waals surface area contributed by atoms with Crippen molar-refractivity contribution in [3.8, 4) is 0 Å². The maximum Gasteiger partial charge on any atom is 0.416 e. The van der Waals surface area contributed by atoms with Crippen molar-refractivity contribution in [1.29, 1.82) is 0 Å². The molecule has 0 aliphatic rings. The summed E-state index contributed by atoms with van der Waals surface area (Å²) in [6, 6.07) is 10.5. The molecule has 1 atom stereocenters. The van der Waals surface area contributed by atoms with Gasteiger partial charge in [-0.1, -0.05) is 31.2 Å².